The van der Waals surface area contributed by atoms with Crippen molar-refractivity contribution >= 4 is 27.3 Å². The first-order valence-electron chi connectivity index (χ1n) is 9.62. The lowest BCUT2D eigenvalue weighted by molar-refractivity contribution is 0.0698. The summed E-state index contributed by atoms with van der Waals surface area (Å²) >= 11 is 1.27. The predicted octanol–water partition coefficient (Wildman–Crippen LogP) is 4.00. The molecule has 2 heterocycles. The Morgan fingerprint density at radius 1 is 0.867 bits per heavy atom. The minimum absolute atomic E-state index is 0.106. The number of nitrogens with zero attached hydrogens (tertiary/aromatic N) is 2. The van der Waals surface area contributed by atoms with E-state index in [1.165, 1.54) is 15.6 Å². The van der Waals surface area contributed by atoms with E-state index in [-0.39, 0.29) is 5.91 Å². The summed E-state index contributed by atoms with van der Waals surface area (Å²) in [6.45, 7) is 3.20. The van der Waals surface area contributed by atoms with Crippen LogP contribution < -0.4 is 4.74 Å². The summed E-state index contributed by atoms with van der Waals surface area (Å²) in [7, 11) is -3.49. The fraction of sp³-hybridized carbons (Fsp3) is 0.227. The third kappa shape index (κ3) is 4.40. The van der Waals surface area contributed by atoms with Gasteiger partial charge in [-0.3, -0.25) is 4.79 Å². The van der Waals surface area contributed by atoms with Gasteiger partial charge in [-0.1, -0.05) is 18.2 Å². The minimum Gasteiger partial charge on any atom is -0.457 e. The highest BCUT2D eigenvalue weighted by molar-refractivity contribution is 7.91. The van der Waals surface area contributed by atoms with E-state index in [4.69, 9.17) is 4.74 Å². The van der Waals surface area contributed by atoms with E-state index in [2.05, 4.69) is 0 Å². The van der Waals surface area contributed by atoms with Crippen molar-refractivity contribution < 1.29 is 17.9 Å². The zero-order valence-corrected chi connectivity index (χ0v) is 18.2. The largest absolute Gasteiger partial charge is 0.457 e. The van der Waals surface area contributed by atoms with Crippen molar-refractivity contribution in [2.45, 2.75) is 11.1 Å². The molecule has 6 nitrogen and oxygen atoms in total. The number of para-hydroxylation sites is 1. The highest BCUT2D eigenvalue weighted by atomic mass is 32.2. The average Bonchev–Trinajstić information content (AvgIpc) is 3.22. The molecule has 0 bridgehead atoms. The van der Waals surface area contributed by atoms with E-state index in [1.807, 2.05) is 43.3 Å². The van der Waals surface area contributed by atoms with Crippen molar-refractivity contribution in [3.8, 4) is 11.5 Å². The van der Waals surface area contributed by atoms with Crippen molar-refractivity contribution in [1.82, 2.24) is 9.21 Å². The van der Waals surface area contributed by atoms with Gasteiger partial charge >= 0.3 is 0 Å². The molecule has 0 radical (unpaired) electrons. The van der Waals surface area contributed by atoms with Gasteiger partial charge in [-0.2, -0.15) is 4.31 Å². The Balaban J connectivity index is 1.37. The van der Waals surface area contributed by atoms with E-state index >= 15 is 0 Å². The predicted molar refractivity (Wildman–Crippen MR) is 117 cm³/mol. The van der Waals surface area contributed by atoms with Crippen LogP contribution in [0.5, 0.6) is 11.5 Å². The lowest BCUT2D eigenvalue weighted by Gasteiger charge is -2.33. The first-order valence-corrected chi connectivity index (χ1v) is 11.9. The summed E-state index contributed by atoms with van der Waals surface area (Å²) in [5.41, 5.74) is 0.556. The Morgan fingerprint density at radius 3 is 2.10 bits per heavy atom. The Kier molecular flexibility index (Phi) is 5.90. The van der Waals surface area contributed by atoms with Gasteiger partial charge in [0, 0.05) is 36.6 Å². The fourth-order valence-corrected chi connectivity index (χ4v) is 6.14. The van der Waals surface area contributed by atoms with E-state index in [0.717, 1.165) is 10.6 Å². The normalized spacial score (nSPS) is 15.2. The van der Waals surface area contributed by atoms with E-state index in [1.54, 1.807) is 35.2 Å². The van der Waals surface area contributed by atoms with Crippen molar-refractivity contribution in [3.63, 3.8) is 0 Å². The molecule has 4 rings (SSSR count). The number of carbonyl (C=O) groups is 1. The molecule has 1 saturated heterocycles. The molecule has 1 fully saturated rings. The van der Waals surface area contributed by atoms with Gasteiger partial charge in [-0.05, 0) is 55.5 Å². The van der Waals surface area contributed by atoms with Gasteiger partial charge in [-0.15, -0.1) is 11.3 Å². The molecule has 0 saturated carbocycles. The van der Waals surface area contributed by atoms with E-state index in [9.17, 15) is 13.2 Å². The maximum absolute atomic E-state index is 12.8. The lowest BCUT2D eigenvalue weighted by atomic mass is 10.2. The van der Waals surface area contributed by atoms with Crippen molar-refractivity contribution in [2.75, 3.05) is 26.2 Å². The third-order valence-corrected chi connectivity index (χ3v) is 8.28. The number of benzene rings is 2. The van der Waals surface area contributed by atoms with Crippen LogP contribution in [-0.4, -0.2) is 49.7 Å². The molecule has 1 aliphatic heterocycles. The average molecular weight is 443 g/mol. The van der Waals surface area contributed by atoms with E-state index in [0.29, 0.717) is 41.7 Å². The molecule has 1 aromatic heterocycles. The highest BCUT2D eigenvalue weighted by Gasteiger charge is 2.31. The number of rotatable bonds is 5. The number of amides is 1. The molecule has 3 aromatic rings. The van der Waals surface area contributed by atoms with Crippen LogP contribution in [-0.2, 0) is 10.0 Å². The Labute approximate surface area is 180 Å². The van der Waals surface area contributed by atoms with Crippen LogP contribution in [0.3, 0.4) is 0 Å². The summed E-state index contributed by atoms with van der Waals surface area (Å²) in [6, 6.07) is 19.9. The molecule has 30 heavy (non-hydrogen) atoms. The zero-order valence-electron chi connectivity index (χ0n) is 16.5. The molecule has 0 N–H and O–H groups in total. The number of ether oxygens (including phenoxy) is 1. The molecule has 2 aromatic carbocycles. The molecule has 0 aliphatic carbocycles. The summed E-state index contributed by atoms with van der Waals surface area (Å²) in [5, 5.41) is 0. The van der Waals surface area contributed by atoms with Crippen LogP contribution in [0, 0.1) is 6.92 Å². The van der Waals surface area contributed by atoms with Gasteiger partial charge in [0.2, 0.25) is 0 Å². The van der Waals surface area contributed by atoms with Crippen molar-refractivity contribution in [1.29, 1.82) is 0 Å². The molecule has 0 unspecified atom stereocenters. The van der Waals surface area contributed by atoms with Crippen LogP contribution in [0.2, 0.25) is 0 Å². The number of aryl methyl sites for hydroxylation is 1. The Morgan fingerprint density at radius 2 is 1.50 bits per heavy atom. The third-order valence-electron chi connectivity index (χ3n) is 4.92. The molecular weight excluding hydrogens is 420 g/mol. The van der Waals surface area contributed by atoms with Crippen LogP contribution in [0.4, 0.5) is 0 Å². The quantitative estimate of drug-likeness (QED) is 0.599. The van der Waals surface area contributed by atoms with Crippen LogP contribution in [0.25, 0.3) is 0 Å². The van der Waals surface area contributed by atoms with Crippen LogP contribution in [0.1, 0.15) is 15.2 Å². The number of carbonyl (C=O) groups excluding carboxylic acids is 1. The lowest BCUT2D eigenvalue weighted by Crippen LogP contribution is -2.50. The highest BCUT2D eigenvalue weighted by Crippen LogP contribution is 2.26. The van der Waals surface area contributed by atoms with Gasteiger partial charge in [0.15, 0.2) is 0 Å². The molecular formula is C22H22N2O4S2. The molecule has 0 spiro atoms. The number of hydrogen-bond acceptors (Lipinski definition) is 5. The zero-order chi connectivity index (χ0) is 21.1. The topological polar surface area (TPSA) is 66.9 Å². The van der Waals surface area contributed by atoms with Gasteiger partial charge in [0.1, 0.15) is 15.7 Å². The summed E-state index contributed by atoms with van der Waals surface area (Å²) < 4.78 is 33.1. The summed E-state index contributed by atoms with van der Waals surface area (Å²) in [6.07, 6.45) is 0. The number of hydrogen-bond donors (Lipinski definition) is 0. The first kappa shape index (κ1) is 20.6. The van der Waals surface area contributed by atoms with E-state index < -0.39 is 10.0 Å². The van der Waals surface area contributed by atoms with Gasteiger partial charge < -0.3 is 9.64 Å². The second-order valence-corrected chi connectivity index (χ2v) is 10.5. The second-order valence-electron chi connectivity index (χ2n) is 7.00. The summed E-state index contributed by atoms with van der Waals surface area (Å²) in [5.74, 6) is 1.28. The Hall–Kier alpha value is -2.68. The smallest absolute Gasteiger partial charge is 0.253 e. The minimum atomic E-state index is -3.49. The first-order chi connectivity index (χ1) is 14.4. The molecule has 0 atom stereocenters. The number of sulfonamides is 1. The monoisotopic (exact) mass is 442 g/mol. The fourth-order valence-electron chi connectivity index (χ4n) is 3.28. The van der Waals surface area contributed by atoms with Crippen molar-refractivity contribution in [2.24, 2.45) is 0 Å². The van der Waals surface area contributed by atoms with Gasteiger partial charge in [0.05, 0.1) is 0 Å². The van der Waals surface area contributed by atoms with Gasteiger partial charge in [-0.25, -0.2) is 8.42 Å². The SMILES string of the molecule is Cc1ccc(S(=O)(=O)N2CCN(C(=O)c3ccc(Oc4ccccc4)cc3)CC2)s1. The van der Waals surface area contributed by atoms with Crippen molar-refractivity contribution in [3.05, 3.63) is 77.2 Å². The second kappa shape index (κ2) is 8.59. The maximum atomic E-state index is 12.8. The molecule has 8 heteroatoms. The number of thiophene rings is 1. The Bertz CT molecular complexity index is 1120. The molecule has 1 aliphatic rings. The molecule has 156 valence electrons. The standard InChI is InChI=1S/C22H22N2O4S2/c1-17-7-12-21(29-17)30(26,27)24-15-13-23(14-16-24)22(25)18-8-10-20(11-9-18)28-19-5-3-2-4-6-19/h2-12H,13-16H2,1H3. The number of piperazine rings is 1. The van der Waals surface area contributed by atoms with Gasteiger partial charge in [0.25, 0.3) is 15.9 Å². The van der Waals surface area contributed by atoms with Crippen LogP contribution >= 0.6 is 11.3 Å². The summed E-state index contributed by atoms with van der Waals surface area (Å²) in [4.78, 5) is 15.5. The molecule has 1 amide bonds. The maximum Gasteiger partial charge on any atom is 0.253 e. The van der Waals surface area contributed by atoms with Crippen LogP contribution in [0.15, 0.2) is 70.9 Å².